The minimum atomic E-state index is -1.31. The first-order valence-electron chi connectivity index (χ1n) is 8.71. The third-order valence-corrected chi connectivity index (χ3v) is 4.05. The highest BCUT2D eigenvalue weighted by Gasteiger charge is 2.10. The van der Waals surface area contributed by atoms with Crippen LogP contribution in [0, 0.1) is 0 Å². The zero-order chi connectivity index (χ0) is 21.4. The van der Waals surface area contributed by atoms with E-state index in [1.54, 1.807) is 32.3 Å². The van der Waals surface area contributed by atoms with E-state index in [9.17, 15) is 14.7 Å². The number of carboxylic acid groups (broad SMARTS) is 1. The number of rotatable bonds is 9. The smallest absolute Gasteiger partial charge is 0.259 e. The van der Waals surface area contributed by atoms with E-state index < -0.39 is 5.97 Å². The monoisotopic (exact) mass is 418 g/mol. The van der Waals surface area contributed by atoms with Crippen molar-refractivity contribution in [2.45, 2.75) is 6.92 Å². The second kappa shape index (κ2) is 10.3. The van der Waals surface area contributed by atoms with E-state index in [0.717, 1.165) is 0 Å². The van der Waals surface area contributed by atoms with Crippen molar-refractivity contribution >= 4 is 35.4 Å². The Morgan fingerprint density at radius 3 is 2.59 bits per heavy atom. The van der Waals surface area contributed by atoms with Crippen molar-refractivity contribution in [3.05, 3.63) is 52.5 Å². The number of benzene rings is 2. The third kappa shape index (κ3) is 6.39. The topological polar surface area (TPSA) is 103 Å². The number of anilines is 1. The normalized spacial score (nSPS) is 10.6. The van der Waals surface area contributed by atoms with E-state index in [4.69, 9.17) is 21.1 Å². The summed E-state index contributed by atoms with van der Waals surface area (Å²) < 4.78 is 11.1. The molecule has 0 aromatic heterocycles. The van der Waals surface area contributed by atoms with Gasteiger partial charge in [-0.1, -0.05) is 17.7 Å². The summed E-state index contributed by atoms with van der Waals surface area (Å²) in [6.45, 7) is 2.15. The van der Waals surface area contributed by atoms with Crippen molar-refractivity contribution in [3.8, 4) is 11.5 Å². The summed E-state index contributed by atoms with van der Waals surface area (Å²) in [6.07, 6.45) is 1.51. The Labute approximate surface area is 173 Å². The number of hydrogen-bond acceptors (Lipinski definition) is 7. The van der Waals surface area contributed by atoms with Gasteiger partial charge >= 0.3 is 0 Å². The molecule has 0 radical (unpaired) electrons. The maximum atomic E-state index is 11.7. The predicted octanol–water partition coefficient (Wildman–Crippen LogP) is 2.02. The van der Waals surface area contributed by atoms with Crippen LogP contribution in [0.1, 0.15) is 22.8 Å². The van der Waals surface area contributed by atoms with Gasteiger partial charge in [0, 0.05) is 14.1 Å². The molecule has 9 heteroatoms. The van der Waals surface area contributed by atoms with E-state index in [0.29, 0.717) is 34.4 Å². The molecule has 154 valence electrons. The van der Waals surface area contributed by atoms with Crippen LogP contribution >= 0.6 is 11.6 Å². The fourth-order valence-corrected chi connectivity index (χ4v) is 2.34. The average Bonchev–Trinajstić information content (AvgIpc) is 2.68. The van der Waals surface area contributed by atoms with Crippen molar-refractivity contribution in [2.75, 3.05) is 32.7 Å². The summed E-state index contributed by atoms with van der Waals surface area (Å²) in [6, 6.07) is 9.25. The van der Waals surface area contributed by atoms with Gasteiger partial charge in [0.05, 0.1) is 29.5 Å². The zero-order valence-corrected chi connectivity index (χ0v) is 17.0. The molecular formula is C20H21ClN3O5-. The molecule has 1 N–H and O–H groups in total. The molecule has 0 atom stereocenters. The largest absolute Gasteiger partial charge is 0.545 e. The lowest BCUT2D eigenvalue weighted by molar-refractivity contribution is -0.255. The second-order valence-electron chi connectivity index (χ2n) is 6.07. The summed E-state index contributed by atoms with van der Waals surface area (Å²) in [5, 5.41) is 15.3. The standard InChI is InChI=1S/C20H22ClN3O5/c1-4-28-18-9-13(5-8-17(18)29-12-19(25)24(2)3)11-22-23-16-10-14(20(26)27)6-7-15(16)21/h5-11,23H,4,12H2,1-3H3,(H,26,27)/p-1/b22-11-. The highest BCUT2D eigenvalue weighted by atomic mass is 35.5. The highest BCUT2D eigenvalue weighted by Crippen LogP contribution is 2.28. The zero-order valence-electron chi connectivity index (χ0n) is 16.3. The van der Waals surface area contributed by atoms with Gasteiger partial charge in [0.1, 0.15) is 0 Å². The van der Waals surface area contributed by atoms with E-state index in [1.807, 2.05) is 6.92 Å². The van der Waals surface area contributed by atoms with Crippen LogP contribution < -0.4 is 20.0 Å². The van der Waals surface area contributed by atoms with Crippen LogP contribution in [0.3, 0.4) is 0 Å². The molecule has 0 bridgehead atoms. The summed E-state index contributed by atoms with van der Waals surface area (Å²) >= 11 is 6.04. The molecule has 0 spiro atoms. The minimum Gasteiger partial charge on any atom is -0.545 e. The first-order valence-corrected chi connectivity index (χ1v) is 9.09. The Balaban J connectivity index is 2.12. The summed E-state index contributed by atoms with van der Waals surface area (Å²) in [5.74, 6) is -0.562. The number of hydrazone groups is 1. The number of carbonyl (C=O) groups is 2. The third-order valence-electron chi connectivity index (χ3n) is 3.72. The van der Waals surface area contributed by atoms with Gasteiger partial charge in [0.25, 0.3) is 5.91 Å². The summed E-state index contributed by atoms with van der Waals surface area (Å²) in [4.78, 5) is 24.1. The number of hydrogen-bond donors (Lipinski definition) is 1. The fourth-order valence-electron chi connectivity index (χ4n) is 2.18. The Kier molecular flexibility index (Phi) is 7.85. The van der Waals surface area contributed by atoms with Gasteiger partial charge in [-0.3, -0.25) is 10.2 Å². The van der Waals surface area contributed by atoms with Gasteiger partial charge in [-0.2, -0.15) is 5.10 Å². The quantitative estimate of drug-likeness (QED) is 0.493. The van der Waals surface area contributed by atoms with Crippen LogP contribution in [-0.4, -0.2) is 50.3 Å². The summed E-state index contributed by atoms with van der Waals surface area (Å²) in [5.41, 5.74) is 3.71. The maximum Gasteiger partial charge on any atom is 0.259 e. The molecule has 2 aromatic carbocycles. The van der Waals surface area contributed by atoms with Gasteiger partial charge in [-0.15, -0.1) is 0 Å². The molecule has 0 unspecified atom stereocenters. The van der Waals surface area contributed by atoms with Gasteiger partial charge in [-0.25, -0.2) is 0 Å². The van der Waals surface area contributed by atoms with Gasteiger partial charge in [0.2, 0.25) is 0 Å². The lowest BCUT2D eigenvalue weighted by Gasteiger charge is -2.14. The lowest BCUT2D eigenvalue weighted by Crippen LogP contribution is -2.27. The van der Waals surface area contributed by atoms with Gasteiger partial charge < -0.3 is 24.3 Å². The first-order chi connectivity index (χ1) is 13.8. The van der Waals surface area contributed by atoms with E-state index in [-0.39, 0.29) is 18.1 Å². The van der Waals surface area contributed by atoms with E-state index >= 15 is 0 Å². The van der Waals surface area contributed by atoms with Crippen molar-refractivity contribution < 1.29 is 24.2 Å². The Hall–Kier alpha value is -3.26. The molecule has 0 saturated carbocycles. The van der Waals surface area contributed by atoms with Crippen LogP contribution in [0.25, 0.3) is 0 Å². The maximum absolute atomic E-state index is 11.7. The molecule has 29 heavy (non-hydrogen) atoms. The molecule has 0 aliphatic carbocycles. The number of carboxylic acids is 1. The van der Waals surface area contributed by atoms with Crippen LogP contribution in [0.2, 0.25) is 5.02 Å². The van der Waals surface area contributed by atoms with Crippen molar-refractivity contribution in [3.63, 3.8) is 0 Å². The average molecular weight is 419 g/mol. The molecule has 0 fully saturated rings. The Morgan fingerprint density at radius 1 is 1.17 bits per heavy atom. The second-order valence-corrected chi connectivity index (χ2v) is 6.48. The molecule has 0 heterocycles. The first kappa shape index (κ1) is 22.0. The molecule has 1 amide bonds. The van der Waals surface area contributed by atoms with Crippen LogP contribution in [0.5, 0.6) is 11.5 Å². The molecule has 2 aromatic rings. The van der Waals surface area contributed by atoms with Crippen LogP contribution in [0.4, 0.5) is 5.69 Å². The Bertz CT molecular complexity index is 915. The summed E-state index contributed by atoms with van der Waals surface area (Å²) in [7, 11) is 3.30. The molecular weight excluding hydrogens is 398 g/mol. The number of aromatic carboxylic acids is 1. The molecule has 0 aliphatic rings. The molecule has 0 aliphatic heterocycles. The van der Waals surface area contributed by atoms with E-state index in [2.05, 4.69) is 10.5 Å². The van der Waals surface area contributed by atoms with Gasteiger partial charge in [0.15, 0.2) is 18.1 Å². The van der Waals surface area contributed by atoms with Gasteiger partial charge in [-0.05, 0) is 48.4 Å². The van der Waals surface area contributed by atoms with Crippen molar-refractivity contribution in [2.24, 2.45) is 5.10 Å². The number of nitrogens with one attached hydrogen (secondary N) is 1. The minimum absolute atomic E-state index is 0.0143. The number of likely N-dealkylation sites (N-methyl/N-ethyl adjacent to an activating group) is 1. The number of halogens is 1. The van der Waals surface area contributed by atoms with Crippen molar-refractivity contribution in [1.29, 1.82) is 0 Å². The number of carbonyl (C=O) groups excluding carboxylic acids is 2. The molecule has 8 nitrogen and oxygen atoms in total. The lowest BCUT2D eigenvalue weighted by atomic mass is 10.2. The highest BCUT2D eigenvalue weighted by molar-refractivity contribution is 6.33. The fraction of sp³-hybridized carbons (Fsp3) is 0.250. The number of ether oxygens (including phenoxy) is 2. The Morgan fingerprint density at radius 2 is 1.93 bits per heavy atom. The van der Waals surface area contributed by atoms with Crippen LogP contribution in [-0.2, 0) is 4.79 Å². The SMILES string of the molecule is CCOc1cc(/C=N\Nc2cc(C(=O)[O-])ccc2Cl)ccc1OCC(=O)N(C)C. The number of amides is 1. The molecule has 0 saturated heterocycles. The predicted molar refractivity (Wildman–Crippen MR) is 109 cm³/mol. The number of nitrogens with zero attached hydrogens (tertiary/aromatic N) is 2. The van der Waals surface area contributed by atoms with Crippen LogP contribution in [0.15, 0.2) is 41.5 Å². The van der Waals surface area contributed by atoms with Crippen molar-refractivity contribution in [1.82, 2.24) is 4.90 Å². The van der Waals surface area contributed by atoms with E-state index in [1.165, 1.54) is 29.3 Å². The molecule has 2 rings (SSSR count).